The van der Waals surface area contributed by atoms with E-state index in [2.05, 4.69) is 27.8 Å². The zero-order valence-corrected chi connectivity index (χ0v) is 22.6. The van der Waals surface area contributed by atoms with Crippen molar-refractivity contribution in [2.24, 2.45) is 5.73 Å². The van der Waals surface area contributed by atoms with Gasteiger partial charge in [-0.1, -0.05) is 73.3 Å². The Kier molecular flexibility index (Phi) is 9.75. The van der Waals surface area contributed by atoms with Gasteiger partial charge in [0, 0.05) is 17.7 Å². The number of allylic oxidation sites excluding steroid dienone is 4. The summed E-state index contributed by atoms with van der Waals surface area (Å²) in [6.07, 6.45) is 8.69. The van der Waals surface area contributed by atoms with E-state index in [0.29, 0.717) is 32.3 Å². The van der Waals surface area contributed by atoms with Gasteiger partial charge in [-0.2, -0.15) is 0 Å². The molecule has 0 saturated carbocycles. The summed E-state index contributed by atoms with van der Waals surface area (Å²) in [5, 5.41) is 15.7. The predicted octanol–water partition coefficient (Wildman–Crippen LogP) is 2.96. The Labute approximate surface area is 233 Å². The predicted molar refractivity (Wildman–Crippen MR) is 158 cm³/mol. The number of benzene rings is 2. The number of thioether (sulfide) groups is 1. The molecule has 8 nitrogen and oxygen atoms in total. The summed E-state index contributed by atoms with van der Waals surface area (Å²) in [7, 11) is 0. The minimum absolute atomic E-state index is 0.214. The Balaban J connectivity index is 1.62. The third-order valence-electron chi connectivity index (χ3n) is 7.02. The molecule has 1 unspecified atom stereocenters. The van der Waals surface area contributed by atoms with Crippen LogP contribution >= 0.6 is 11.8 Å². The lowest BCUT2D eigenvalue weighted by Gasteiger charge is -2.34. The molecule has 0 bridgehead atoms. The number of amides is 3. The molecule has 6 N–H and O–H groups in total. The van der Waals surface area contributed by atoms with Gasteiger partial charge in [0.25, 0.3) is 0 Å². The van der Waals surface area contributed by atoms with Crippen LogP contribution < -0.4 is 27.0 Å². The smallest absolute Gasteiger partial charge is 0.244 e. The average Bonchev–Trinajstić information content (AvgIpc) is 3.04. The lowest BCUT2D eigenvalue weighted by Crippen LogP contribution is -2.62. The molecule has 2 aliphatic heterocycles. The van der Waals surface area contributed by atoms with E-state index in [1.807, 2.05) is 72.2 Å². The van der Waals surface area contributed by atoms with Crippen molar-refractivity contribution >= 4 is 40.8 Å². The van der Waals surface area contributed by atoms with Crippen LogP contribution in [0.15, 0.2) is 89.9 Å². The normalized spacial score (nSPS) is 21.6. The lowest BCUT2D eigenvalue weighted by atomic mass is 9.88. The molecular weight excluding hydrogens is 510 g/mol. The van der Waals surface area contributed by atoms with Crippen molar-refractivity contribution in [1.82, 2.24) is 21.3 Å². The van der Waals surface area contributed by atoms with E-state index in [4.69, 9.17) is 5.73 Å². The fourth-order valence-electron chi connectivity index (χ4n) is 4.73. The molecule has 2 heterocycles. The van der Waals surface area contributed by atoms with Crippen molar-refractivity contribution in [1.29, 1.82) is 0 Å². The molecule has 4 rings (SSSR count). The summed E-state index contributed by atoms with van der Waals surface area (Å²) in [5.41, 5.74) is 7.74. The quantitative estimate of drug-likeness (QED) is 0.244. The molecule has 2 aromatic carbocycles. The van der Waals surface area contributed by atoms with Crippen molar-refractivity contribution in [2.45, 2.75) is 37.0 Å². The third kappa shape index (κ3) is 7.26. The standard InChI is InChI=1S/C30H35N5O3S/c1-21-8-3-2-6-17-39-19-23(21)18-26(34-29(38)30(31)13-15-32-16-14-30)28(37)35-27(33-20-36)25-12-7-10-22-9-4-5-11-24(22)25/h2-12,19-20,26-27,32H,1,13-18,31H2,(H,33,36)(H,34,38)(H,35,37)/b6-2-,8-3-,23-19-/t26?,27-/m1/s1. The van der Waals surface area contributed by atoms with Gasteiger partial charge >= 0.3 is 0 Å². The number of hydrogen-bond donors (Lipinski definition) is 5. The van der Waals surface area contributed by atoms with E-state index in [-0.39, 0.29) is 12.3 Å². The number of carbonyl (C=O) groups excluding carboxylic acids is 3. The number of nitrogens with one attached hydrogen (secondary N) is 4. The number of nitrogens with two attached hydrogens (primary N) is 1. The van der Waals surface area contributed by atoms with Crippen molar-refractivity contribution in [2.75, 3.05) is 18.8 Å². The van der Waals surface area contributed by atoms with Crippen LogP contribution in [0.25, 0.3) is 10.8 Å². The molecular formula is C30H35N5O3S. The van der Waals surface area contributed by atoms with Gasteiger partial charge in [0.15, 0.2) is 0 Å². The number of fused-ring (bicyclic) bond motifs is 1. The van der Waals surface area contributed by atoms with Crippen LogP contribution in [0.5, 0.6) is 0 Å². The number of piperidine rings is 1. The van der Waals surface area contributed by atoms with E-state index in [1.165, 1.54) is 0 Å². The Hall–Kier alpha value is -3.66. The molecule has 2 atom stereocenters. The maximum Gasteiger partial charge on any atom is 0.244 e. The first-order valence-electron chi connectivity index (χ1n) is 13.0. The van der Waals surface area contributed by atoms with Gasteiger partial charge in [-0.3, -0.25) is 14.4 Å². The zero-order chi connectivity index (χ0) is 27.7. The van der Waals surface area contributed by atoms with Crippen LogP contribution in [0.3, 0.4) is 0 Å². The molecule has 1 fully saturated rings. The van der Waals surface area contributed by atoms with Gasteiger partial charge in [-0.15, -0.1) is 11.8 Å². The number of hydrogen-bond acceptors (Lipinski definition) is 6. The van der Waals surface area contributed by atoms with Crippen molar-refractivity contribution in [3.05, 3.63) is 95.5 Å². The molecule has 0 spiro atoms. The second-order valence-electron chi connectivity index (χ2n) is 9.72. The van der Waals surface area contributed by atoms with Crippen molar-refractivity contribution < 1.29 is 14.4 Å². The molecule has 39 heavy (non-hydrogen) atoms. The van der Waals surface area contributed by atoms with Crippen LogP contribution in [0.4, 0.5) is 0 Å². The SMILES string of the molecule is C=C1/C=C\C=C/CS/C=C\1CC(NC(=O)C1(N)CCNCC1)C(=O)N[C@@H](NC=O)c1cccc2ccccc12. The topological polar surface area (TPSA) is 125 Å². The van der Waals surface area contributed by atoms with E-state index in [1.54, 1.807) is 11.8 Å². The molecule has 2 aliphatic rings. The van der Waals surface area contributed by atoms with Gasteiger partial charge in [-0.05, 0) is 53.3 Å². The highest BCUT2D eigenvalue weighted by atomic mass is 32.2. The number of carbonyl (C=O) groups is 3. The van der Waals surface area contributed by atoms with E-state index >= 15 is 0 Å². The highest BCUT2D eigenvalue weighted by molar-refractivity contribution is 8.02. The van der Waals surface area contributed by atoms with Crippen LogP contribution in [-0.2, 0) is 14.4 Å². The van der Waals surface area contributed by atoms with Gasteiger partial charge in [-0.25, -0.2) is 0 Å². The molecule has 0 radical (unpaired) electrons. The van der Waals surface area contributed by atoms with Crippen molar-refractivity contribution in [3.63, 3.8) is 0 Å². The Bertz CT molecular complexity index is 1310. The van der Waals surface area contributed by atoms with E-state index in [9.17, 15) is 14.4 Å². The average molecular weight is 546 g/mol. The lowest BCUT2D eigenvalue weighted by molar-refractivity contribution is -0.133. The van der Waals surface area contributed by atoms with Crippen LogP contribution in [-0.4, -0.2) is 48.6 Å². The summed E-state index contributed by atoms with van der Waals surface area (Å²) in [6.45, 7) is 5.42. The van der Waals surface area contributed by atoms with Crippen LogP contribution in [0.2, 0.25) is 0 Å². The van der Waals surface area contributed by atoms with Gasteiger partial charge in [0.2, 0.25) is 18.2 Å². The fraction of sp³-hybridized carbons (Fsp3) is 0.300. The maximum atomic E-state index is 13.8. The molecule has 0 aliphatic carbocycles. The summed E-state index contributed by atoms with van der Waals surface area (Å²) >= 11 is 1.59. The van der Waals surface area contributed by atoms with Gasteiger partial charge < -0.3 is 27.0 Å². The largest absolute Gasteiger partial charge is 0.342 e. The highest BCUT2D eigenvalue weighted by Gasteiger charge is 2.38. The first kappa shape index (κ1) is 28.4. The summed E-state index contributed by atoms with van der Waals surface area (Å²) in [6, 6.07) is 12.5. The fourth-order valence-corrected chi connectivity index (χ4v) is 5.49. The van der Waals surface area contributed by atoms with Gasteiger partial charge in [0.1, 0.15) is 12.2 Å². The second kappa shape index (κ2) is 13.4. The zero-order valence-electron chi connectivity index (χ0n) is 21.8. The second-order valence-corrected chi connectivity index (χ2v) is 10.6. The number of rotatable bonds is 9. The highest BCUT2D eigenvalue weighted by Crippen LogP contribution is 2.25. The minimum Gasteiger partial charge on any atom is -0.342 e. The van der Waals surface area contributed by atoms with Crippen molar-refractivity contribution in [3.8, 4) is 0 Å². The molecule has 2 aromatic rings. The Morgan fingerprint density at radius 2 is 1.87 bits per heavy atom. The monoisotopic (exact) mass is 545 g/mol. The third-order valence-corrected chi connectivity index (χ3v) is 7.86. The van der Waals surface area contributed by atoms with Crippen LogP contribution in [0.1, 0.15) is 31.0 Å². The van der Waals surface area contributed by atoms with E-state index < -0.39 is 23.7 Å². The van der Waals surface area contributed by atoms with E-state index in [0.717, 1.165) is 33.2 Å². The molecule has 1 saturated heterocycles. The Morgan fingerprint density at radius 3 is 2.67 bits per heavy atom. The molecule has 9 heteroatoms. The molecule has 204 valence electrons. The minimum atomic E-state index is -1.07. The van der Waals surface area contributed by atoms with Gasteiger partial charge in [0.05, 0.1) is 5.54 Å². The first-order chi connectivity index (χ1) is 18.9. The molecule has 0 aromatic heterocycles. The summed E-state index contributed by atoms with van der Waals surface area (Å²) < 4.78 is 0. The molecule has 3 amide bonds. The summed E-state index contributed by atoms with van der Waals surface area (Å²) in [4.78, 5) is 38.8. The first-order valence-corrected chi connectivity index (χ1v) is 14.1. The van der Waals surface area contributed by atoms with Crippen LogP contribution in [0, 0.1) is 0 Å². The summed E-state index contributed by atoms with van der Waals surface area (Å²) in [5.74, 6) is -0.0300. The Morgan fingerprint density at radius 1 is 1.10 bits per heavy atom. The maximum absolute atomic E-state index is 13.8.